The summed E-state index contributed by atoms with van der Waals surface area (Å²) in [5.74, 6) is 3.92. The molecule has 3 aliphatic rings. The summed E-state index contributed by atoms with van der Waals surface area (Å²) in [6.45, 7) is 6.22. The van der Waals surface area contributed by atoms with Gasteiger partial charge in [0.15, 0.2) is 0 Å². The molecule has 0 bridgehead atoms. The molecule has 18 heavy (non-hydrogen) atoms. The second kappa shape index (κ2) is 5.92. The van der Waals surface area contributed by atoms with E-state index in [1.165, 1.54) is 64.6 Å². The first-order valence-electron chi connectivity index (χ1n) is 8.28. The Labute approximate surface area is 112 Å². The average Bonchev–Trinajstić information content (AvgIpc) is 3.29. The van der Waals surface area contributed by atoms with Crippen LogP contribution in [0.25, 0.3) is 0 Å². The highest BCUT2D eigenvalue weighted by Gasteiger charge is 2.40. The first-order chi connectivity index (χ1) is 8.84. The zero-order chi connectivity index (χ0) is 12.4. The third kappa shape index (κ3) is 3.48. The van der Waals surface area contributed by atoms with E-state index in [4.69, 9.17) is 0 Å². The number of nitrogens with one attached hydrogen (secondary N) is 2. The summed E-state index contributed by atoms with van der Waals surface area (Å²) in [7, 11) is 0. The van der Waals surface area contributed by atoms with Crippen LogP contribution < -0.4 is 10.6 Å². The molecule has 1 heterocycles. The quantitative estimate of drug-likeness (QED) is 0.726. The van der Waals surface area contributed by atoms with E-state index in [0.717, 1.165) is 29.7 Å². The predicted molar refractivity (Wildman–Crippen MR) is 76.6 cm³/mol. The Bertz CT molecular complexity index is 240. The fraction of sp³-hybridized carbons (Fsp3) is 1.00. The van der Waals surface area contributed by atoms with Crippen molar-refractivity contribution in [1.29, 1.82) is 0 Å². The smallest absolute Gasteiger partial charge is 0.0124 e. The summed E-state index contributed by atoms with van der Waals surface area (Å²) in [5.41, 5.74) is 0. The molecular formula is C16H30N2. The SMILES string of the molecule is CC(CCNC(C1CC1)C1CC1)C1CCCNC1. The lowest BCUT2D eigenvalue weighted by atomic mass is 9.85. The minimum Gasteiger partial charge on any atom is -0.316 e. The molecule has 1 saturated heterocycles. The van der Waals surface area contributed by atoms with Crippen LogP contribution >= 0.6 is 0 Å². The number of hydrogen-bond donors (Lipinski definition) is 2. The normalized spacial score (nSPS) is 30.7. The third-order valence-electron chi connectivity index (χ3n) is 5.38. The number of piperidine rings is 1. The van der Waals surface area contributed by atoms with Gasteiger partial charge in [0.1, 0.15) is 0 Å². The Balaban J connectivity index is 1.35. The fourth-order valence-electron chi connectivity index (χ4n) is 3.71. The lowest BCUT2D eigenvalue weighted by molar-refractivity contribution is 0.260. The van der Waals surface area contributed by atoms with Gasteiger partial charge in [0.25, 0.3) is 0 Å². The maximum atomic E-state index is 3.89. The van der Waals surface area contributed by atoms with Crippen molar-refractivity contribution in [3.05, 3.63) is 0 Å². The van der Waals surface area contributed by atoms with Crippen molar-refractivity contribution in [2.75, 3.05) is 19.6 Å². The lowest BCUT2D eigenvalue weighted by Crippen LogP contribution is -2.37. The lowest BCUT2D eigenvalue weighted by Gasteiger charge is -2.29. The van der Waals surface area contributed by atoms with E-state index in [-0.39, 0.29) is 0 Å². The van der Waals surface area contributed by atoms with Gasteiger partial charge in [-0.2, -0.15) is 0 Å². The van der Waals surface area contributed by atoms with E-state index >= 15 is 0 Å². The summed E-state index contributed by atoms with van der Waals surface area (Å²) in [6, 6.07) is 0.890. The highest BCUT2D eigenvalue weighted by atomic mass is 14.9. The number of hydrogen-bond acceptors (Lipinski definition) is 2. The summed E-state index contributed by atoms with van der Waals surface area (Å²) in [5, 5.41) is 7.44. The van der Waals surface area contributed by atoms with Gasteiger partial charge in [-0.05, 0) is 88.3 Å². The molecule has 2 N–H and O–H groups in total. The van der Waals surface area contributed by atoms with Crippen molar-refractivity contribution in [1.82, 2.24) is 10.6 Å². The molecular weight excluding hydrogens is 220 g/mol. The highest BCUT2D eigenvalue weighted by molar-refractivity contribution is 4.96. The van der Waals surface area contributed by atoms with Crippen molar-refractivity contribution in [3.8, 4) is 0 Å². The van der Waals surface area contributed by atoms with Gasteiger partial charge in [-0.25, -0.2) is 0 Å². The number of rotatable bonds is 7. The Morgan fingerprint density at radius 3 is 2.33 bits per heavy atom. The summed E-state index contributed by atoms with van der Waals surface area (Å²) in [4.78, 5) is 0. The zero-order valence-corrected chi connectivity index (χ0v) is 12.0. The molecule has 2 nitrogen and oxygen atoms in total. The maximum Gasteiger partial charge on any atom is 0.0124 e. The van der Waals surface area contributed by atoms with Gasteiger partial charge in [0.2, 0.25) is 0 Å². The summed E-state index contributed by atoms with van der Waals surface area (Å²) >= 11 is 0. The fourth-order valence-corrected chi connectivity index (χ4v) is 3.71. The highest BCUT2D eigenvalue weighted by Crippen LogP contribution is 2.44. The van der Waals surface area contributed by atoms with Crippen LogP contribution in [0.15, 0.2) is 0 Å². The second-order valence-corrected chi connectivity index (χ2v) is 7.03. The van der Waals surface area contributed by atoms with Gasteiger partial charge < -0.3 is 10.6 Å². The van der Waals surface area contributed by atoms with E-state index in [1.54, 1.807) is 0 Å². The molecule has 2 saturated carbocycles. The van der Waals surface area contributed by atoms with Crippen LogP contribution in [0.1, 0.15) is 51.9 Å². The third-order valence-corrected chi connectivity index (χ3v) is 5.38. The molecule has 2 atom stereocenters. The minimum absolute atomic E-state index is 0.890. The van der Waals surface area contributed by atoms with Gasteiger partial charge in [0, 0.05) is 6.04 Å². The van der Waals surface area contributed by atoms with Crippen LogP contribution in [-0.2, 0) is 0 Å². The average molecular weight is 250 g/mol. The Kier molecular flexibility index (Phi) is 4.25. The van der Waals surface area contributed by atoms with Crippen LogP contribution in [0, 0.1) is 23.7 Å². The Hall–Kier alpha value is -0.0800. The van der Waals surface area contributed by atoms with Crippen molar-refractivity contribution < 1.29 is 0 Å². The largest absolute Gasteiger partial charge is 0.316 e. The first-order valence-corrected chi connectivity index (χ1v) is 8.28. The van der Waals surface area contributed by atoms with E-state index in [1.807, 2.05) is 0 Å². The molecule has 0 amide bonds. The molecule has 0 spiro atoms. The second-order valence-electron chi connectivity index (χ2n) is 7.03. The van der Waals surface area contributed by atoms with Crippen molar-refractivity contribution in [2.45, 2.75) is 57.9 Å². The monoisotopic (exact) mass is 250 g/mol. The molecule has 0 aromatic heterocycles. The van der Waals surface area contributed by atoms with Gasteiger partial charge in [0.05, 0.1) is 0 Å². The van der Waals surface area contributed by atoms with Gasteiger partial charge in [-0.3, -0.25) is 0 Å². The van der Waals surface area contributed by atoms with E-state index in [2.05, 4.69) is 17.6 Å². The summed E-state index contributed by atoms with van der Waals surface area (Å²) < 4.78 is 0. The van der Waals surface area contributed by atoms with Gasteiger partial charge in [-0.1, -0.05) is 6.92 Å². The van der Waals surface area contributed by atoms with Crippen LogP contribution in [0.5, 0.6) is 0 Å². The molecule has 0 aromatic rings. The molecule has 1 aliphatic heterocycles. The predicted octanol–water partition coefficient (Wildman–Crippen LogP) is 2.79. The van der Waals surface area contributed by atoms with Gasteiger partial charge in [-0.15, -0.1) is 0 Å². The molecule has 2 unspecified atom stereocenters. The maximum absolute atomic E-state index is 3.89. The van der Waals surface area contributed by atoms with E-state index in [0.29, 0.717) is 0 Å². The van der Waals surface area contributed by atoms with Crippen molar-refractivity contribution in [3.63, 3.8) is 0 Å². The van der Waals surface area contributed by atoms with Gasteiger partial charge >= 0.3 is 0 Å². The summed E-state index contributed by atoms with van der Waals surface area (Å²) in [6.07, 6.45) is 10.2. The zero-order valence-electron chi connectivity index (χ0n) is 12.0. The first kappa shape index (κ1) is 12.9. The molecule has 2 heteroatoms. The standard InChI is InChI=1S/C16H30N2/c1-12(15-3-2-9-17-11-15)8-10-18-16(13-4-5-13)14-6-7-14/h12-18H,2-11H2,1H3. The van der Waals surface area contributed by atoms with Crippen molar-refractivity contribution in [2.24, 2.45) is 23.7 Å². The van der Waals surface area contributed by atoms with Crippen LogP contribution in [0.2, 0.25) is 0 Å². The molecule has 0 aromatic carbocycles. The van der Waals surface area contributed by atoms with Crippen LogP contribution in [0.4, 0.5) is 0 Å². The molecule has 3 rings (SSSR count). The Morgan fingerprint density at radius 1 is 1.06 bits per heavy atom. The van der Waals surface area contributed by atoms with E-state index in [9.17, 15) is 0 Å². The molecule has 104 valence electrons. The topological polar surface area (TPSA) is 24.1 Å². The molecule has 2 aliphatic carbocycles. The molecule has 0 radical (unpaired) electrons. The molecule has 3 fully saturated rings. The van der Waals surface area contributed by atoms with Crippen LogP contribution in [0.3, 0.4) is 0 Å². The van der Waals surface area contributed by atoms with E-state index < -0.39 is 0 Å². The van der Waals surface area contributed by atoms with Crippen LogP contribution in [-0.4, -0.2) is 25.7 Å². The minimum atomic E-state index is 0.890. The van der Waals surface area contributed by atoms with Crippen molar-refractivity contribution >= 4 is 0 Å². The Morgan fingerprint density at radius 2 is 1.78 bits per heavy atom.